The Labute approximate surface area is 117 Å². The minimum Gasteiger partial charge on any atom is -0.478 e. The van der Waals surface area contributed by atoms with E-state index in [1.54, 1.807) is 12.1 Å². The number of carbonyl (C=O) groups is 2. The zero-order chi connectivity index (χ0) is 14.9. The number of nitrogens with zero attached hydrogens (tertiary/aromatic N) is 1. The molecule has 6 heteroatoms. The van der Waals surface area contributed by atoms with E-state index in [9.17, 15) is 14.7 Å². The summed E-state index contributed by atoms with van der Waals surface area (Å²) in [6.07, 6.45) is 1.54. The van der Waals surface area contributed by atoms with E-state index in [1.165, 1.54) is 6.07 Å². The summed E-state index contributed by atoms with van der Waals surface area (Å²) in [5.41, 5.74) is 12.2. The van der Waals surface area contributed by atoms with Crippen LogP contribution in [0.2, 0.25) is 0 Å². The van der Waals surface area contributed by atoms with Crippen LogP contribution in [0.1, 0.15) is 30.1 Å². The molecule has 0 aliphatic carbocycles. The van der Waals surface area contributed by atoms with Crippen LogP contribution in [-0.2, 0) is 4.79 Å². The average Bonchev–Trinajstić information content (AvgIpc) is 2.39. The molecule has 1 saturated heterocycles. The molecule has 20 heavy (non-hydrogen) atoms. The topological polar surface area (TPSA) is 110 Å². The Balaban J connectivity index is 2.38. The normalized spacial score (nSPS) is 22.6. The predicted octanol–water partition coefficient (Wildman–Crippen LogP) is 1.06. The zero-order valence-electron chi connectivity index (χ0n) is 11.4. The van der Waals surface area contributed by atoms with Crippen molar-refractivity contribution in [1.82, 2.24) is 0 Å². The number of anilines is 2. The highest BCUT2D eigenvalue weighted by Crippen LogP contribution is 2.31. The van der Waals surface area contributed by atoms with Crippen molar-refractivity contribution in [1.29, 1.82) is 0 Å². The lowest BCUT2D eigenvalue weighted by Gasteiger charge is -2.39. The molecule has 0 bridgehead atoms. The van der Waals surface area contributed by atoms with Crippen LogP contribution in [0.15, 0.2) is 18.2 Å². The number of aromatic carboxylic acids is 1. The first-order valence-corrected chi connectivity index (χ1v) is 6.59. The molecule has 5 N–H and O–H groups in total. The molecule has 1 amide bonds. The molecule has 0 saturated carbocycles. The predicted molar refractivity (Wildman–Crippen MR) is 76.5 cm³/mol. The van der Waals surface area contributed by atoms with Gasteiger partial charge in [0.05, 0.1) is 17.2 Å². The van der Waals surface area contributed by atoms with Crippen LogP contribution in [0, 0.1) is 5.92 Å². The van der Waals surface area contributed by atoms with Crippen molar-refractivity contribution >= 4 is 23.3 Å². The highest BCUT2D eigenvalue weighted by molar-refractivity contribution is 5.96. The fourth-order valence-electron chi connectivity index (χ4n) is 2.65. The van der Waals surface area contributed by atoms with E-state index in [-0.39, 0.29) is 23.4 Å². The maximum absolute atomic E-state index is 11.4. The minimum atomic E-state index is -1.03. The first-order chi connectivity index (χ1) is 9.40. The van der Waals surface area contributed by atoms with Gasteiger partial charge in [-0.1, -0.05) is 0 Å². The van der Waals surface area contributed by atoms with E-state index in [1.807, 2.05) is 11.8 Å². The van der Waals surface area contributed by atoms with Crippen molar-refractivity contribution < 1.29 is 14.7 Å². The summed E-state index contributed by atoms with van der Waals surface area (Å²) < 4.78 is 0. The molecule has 1 aliphatic heterocycles. The molecule has 6 nitrogen and oxygen atoms in total. The highest BCUT2D eigenvalue weighted by atomic mass is 16.4. The molecule has 0 aromatic heterocycles. The second-order valence-corrected chi connectivity index (χ2v) is 5.26. The van der Waals surface area contributed by atoms with Gasteiger partial charge < -0.3 is 21.5 Å². The number of carboxylic acids is 1. The van der Waals surface area contributed by atoms with Gasteiger partial charge in [0.15, 0.2) is 0 Å². The number of piperidine rings is 1. The van der Waals surface area contributed by atoms with Gasteiger partial charge in [-0.15, -0.1) is 0 Å². The van der Waals surface area contributed by atoms with Gasteiger partial charge in [0, 0.05) is 18.3 Å². The summed E-state index contributed by atoms with van der Waals surface area (Å²) in [5.74, 6) is -1.61. The summed E-state index contributed by atoms with van der Waals surface area (Å²) in [4.78, 5) is 24.7. The van der Waals surface area contributed by atoms with E-state index in [0.717, 1.165) is 12.8 Å². The third-order valence-electron chi connectivity index (χ3n) is 3.84. The zero-order valence-corrected chi connectivity index (χ0v) is 11.4. The number of nitrogens with two attached hydrogens (primary N) is 2. The van der Waals surface area contributed by atoms with E-state index in [0.29, 0.717) is 17.9 Å². The number of carbonyl (C=O) groups excluding carboxylic acids is 1. The van der Waals surface area contributed by atoms with Gasteiger partial charge in [-0.3, -0.25) is 4.79 Å². The SMILES string of the molecule is CC1CCC(C(N)=O)CN1c1ccc(N)cc1C(=O)O. The Kier molecular flexibility index (Phi) is 3.83. The van der Waals surface area contributed by atoms with Crippen molar-refractivity contribution in [3.8, 4) is 0 Å². The van der Waals surface area contributed by atoms with Crippen LogP contribution in [0.3, 0.4) is 0 Å². The van der Waals surface area contributed by atoms with E-state index in [4.69, 9.17) is 11.5 Å². The standard InChI is InChI=1S/C14H19N3O3/c1-8-2-3-9(13(16)18)7-17(8)12-5-4-10(15)6-11(12)14(19)20/h4-6,8-9H,2-3,7,15H2,1H3,(H2,16,18)(H,19,20). The lowest BCUT2D eigenvalue weighted by molar-refractivity contribution is -0.122. The summed E-state index contributed by atoms with van der Waals surface area (Å²) in [5, 5.41) is 9.31. The van der Waals surface area contributed by atoms with Gasteiger partial charge in [0.1, 0.15) is 0 Å². The Morgan fingerprint density at radius 2 is 2.05 bits per heavy atom. The van der Waals surface area contributed by atoms with Crippen molar-refractivity contribution in [3.63, 3.8) is 0 Å². The number of amides is 1. The quantitative estimate of drug-likeness (QED) is 0.715. The molecular formula is C14H19N3O3. The number of hydrogen-bond acceptors (Lipinski definition) is 4. The van der Waals surface area contributed by atoms with Gasteiger partial charge in [-0.25, -0.2) is 4.79 Å². The summed E-state index contributed by atoms with van der Waals surface area (Å²) in [7, 11) is 0. The first-order valence-electron chi connectivity index (χ1n) is 6.59. The van der Waals surface area contributed by atoms with Gasteiger partial charge in [-0.2, -0.15) is 0 Å². The molecule has 1 aromatic carbocycles. The lowest BCUT2D eigenvalue weighted by atomic mass is 9.91. The van der Waals surface area contributed by atoms with Crippen molar-refractivity contribution in [2.45, 2.75) is 25.8 Å². The fourth-order valence-corrected chi connectivity index (χ4v) is 2.65. The van der Waals surface area contributed by atoms with Gasteiger partial charge in [0.25, 0.3) is 0 Å². The number of nitrogen functional groups attached to an aromatic ring is 1. The fraction of sp³-hybridized carbons (Fsp3) is 0.429. The van der Waals surface area contributed by atoms with E-state index < -0.39 is 5.97 Å². The summed E-state index contributed by atoms with van der Waals surface area (Å²) in [6.45, 7) is 2.46. The Morgan fingerprint density at radius 1 is 1.35 bits per heavy atom. The molecule has 0 radical (unpaired) electrons. The van der Waals surface area contributed by atoms with Gasteiger partial charge in [-0.05, 0) is 38.0 Å². The van der Waals surface area contributed by atoms with E-state index in [2.05, 4.69) is 0 Å². The number of carboxylic acid groups (broad SMARTS) is 1. The molecule has 1 fully saturated rings. The Morgan fingerprint density at radius 3 is 2.65 bits per heavy atom. The molecule has 108 valence electrons. The lowest BCUT2D eigenvalue weighted by Crippen LogP contribution is -2.46. The molecule has 2 rings (SSSR count). The highest BCUT2D eigenvalue weighted by Gasteiger charge is 2.30. The van der Waals surface area contributed by atoms with Crippen LogP contribution in [-0.4, -0.2) is 29.6 Å². The Hall–Kier alpha value is -2.24. The number of benzene rings is 1. The van der Waals surface area contributed by atoms with Crippen LogP contribution in [0.4, 0.5) is 11.4 Å². The monoisotopic (exact) mass is 277 g/mol. The smallest absolute Gasteiger partial charge is 0.337 e. The van der Waals surface area contributed by atoms with Crippen LogP contribution in [0.5, 0.6) is 0 Å². The maximum Gasteiger partial charge on any atom is 0.337 e. The molecule has 0 spiro atoms. The summed E-state index contributed by atoms with van der Waals surface area (Å²) in [6, 6.07) is 4.96. The molecular weight excluding hydrogens is 258 g/mol. The van der Waals surface area contributed by atoms with Crippen LogP contribution < -0.4 is 16.4 Å². The molecule has 1 heterocycles. The number of hydrogen-bond donors (Lipinski definition) is 3. The number of rotatable bonds is 3. The first kappa shape index (κ1) is 14.2. The van der Waals surface area contributed by atoms with Crippen LogP contribution >= 0.6 is 0 Å². The third kappa shape index (κ3) is 2.68. The maximum atomic E-state index is 11.4. The van der Waals surface area contributed by atoms with Crippen LogP contribution in [0.25, 0.3) is 0 Å². The molecule has 1 aromatic rings. The van der Waals surface area contributed by atoms with Crippen molar-refractivity contribution in [3.05, 3.63) is 23.8 Å². The second kappa shape index (κ2) is 5.40. The largest absolute Gasteiger partial charge is 0.478 e. The van der Waals surface area contributed by atoms with E-state index >= 15 is 0 Å². The Bertz CT molecular complexity index is 544. The molecule has 1 aliphatic rings. The van der Waals surface area contributed by atoms with Gasteiger partial charge in [0.2, 0.25) is 5.91 Å². The second-order valence-electron chi connectivity index (χ2n) is 5.26. The molecule has 2 atom stereocenters. The summed E-state index contributed by atoms with van der Waals surface area (Å²) >= 11 is 0. The average molecular weight is 277 g/mol. The van der Waals surface area contributed by atoms with Crippen molar-refractivity contribution in [2.24, 2.45) is 11.7 Å². The van der Waals surface area contributed by atoms with Gasteiger partial charge >= 0.3 is 5.97 Å². The third-order valence-corrected chi connectivity index (χ3v) is 3.84. The van der Waals surface area contributed by atoms with Crippen molar-refractivity contribution in [2.75, 3.05) is 17.2 Å². The number of primary amides is 1. The minimum absolute atomic E-state index is 0.155. The molecule has 2 unspecified atom stereocenters.